The van der Waals surface area contributed by atoms with Crippen LogP contribution in [0, 0.1) is 0 Å². The van der Waals surface area contributed by atoms with E-state index in [2.05, 4.69) is 5.32 Å². The van der Waals surface area contributed by atoms with Crippen LogP contribution in [0.4, 0.5) is 5.69 Å². The highest BCUT2D eigenvalue weighted by Crippen LogP contribution is 2.20. The molecule has 0 aromatic heterocycles. The van der Waals surface area contributed by atoms with Crippen LogP contribution < -0.4 is 5.32 Å². The number of carbonyl (C=O) groups is 1. The van der Waals surface area contributed by atoms with Gasteiger partial charge < -0.3 is 5.32 Å². The van der Waals surface area contributed by atoms with Crippen molar-refractivity contribution >= 4 is 44.8 Å². The summed E-state index contributed by atoms with van der Waals surface area (Å²) < 4.78 is 24.2. The molecular weight excluding hydrogens is 311 g/mol. The molecule has 8 heteroatoms. The molecule has 0 fully saturated rings. The summed E-state index contributed by atoms with van der Waals surface area (Å²) in [6.45, 7) is -0.287. The van der Waals surface area contributed by atoms with E-state index < -0.39 is 15.9 Å². The molecule has 0 saturated carbocycles. The minimum Gasteiger partial charge on any atom is -0.324 e. The van der Waals surface area contributed by atoms with Gasteiger partial charge in [-0.1, -0.05) is 23.7 Å². The number of likely N-dealkylation sites (N-methyl/N-ethyl adjacent to an activating group) is 1. The van der Waals surface area contributed by atoms with E-state index in [9.17, 15) is 13.2 Å². The number of rotatable bonds is 6. The Morgan fingerprint density at radius 1 is 1.37 bits per heavy atom. The van der Waals surface area contributed by atoms with Gasteiger partial charge in [0.15, 0.2) is 0 Å². The van der Waals surface area contributed by atoms with Gasteiger partial charge in [-0.3, -0.25) is 4.79 Å². The summed E-state index contributed by atoms with van der Waals surface area (Å²) >= 11 is 11.3. The van der Waals surface area contributed by atoms with Crippen LogP contribution in [-0.4, -0.2) is 43.9 Å². The Labute approximate surface area is 122 Å². The van der Waals surface area contributed by atoms with E-state index in [0.29, 0.717) is 10.7 Å². The number of anilines is 1. The summed E-state index contributed by atoms with van der Waals surface area (Å²) in [5, 5.41) is 2.94. The normalized spacial score (nSPS) is 11.6. The number of carbonyl (C=O) groups excluding carboxylic acids is 1. The standard InChI is InChI=1S/C11H14Cl2N2O3S/c1-15(19(17,18)7-6-12)8-11(16)14-10-5-3-2-4-9(10)13/h2-5H,6-8H2,1H3,(H,14,16). The van der Waals surface area contributed by atoms with Crippen LogP contribution >= 0.6 is 23.2 Å². The van der Waals surface area contributed by atoms with E-state index in [0.717, 1.165) is 4.31 Å². The Hall–Kier alpha value is -0.820. The number of hydrogen-bond donors (Lipinski definition) is 1. The molecule has 5 nitrogen and oxygen atoms in total. The fourth-order valence-corrected chi connectivity index (χ4v) is 2.89. The van der Waals surface area contributed by atoms with Gasteiger partial charge in [-0.05, 0) is 12.1 Å². The first-order valence-corrected chi connectivity index (χ1v) is 7.93. The van der Waals surface area contributed by atoms with Crippen LogP contribution in [0.25, 0.3) is 0 Å². The molecule has 1 N–H and O–H groups in total. The molecule has 1 aromatic carbocycles. The van der Waals surface area contributed by atoms with Crippen molar-refractivity contribution in [1.82, 2.24) is 4.31 Å². The van der Waals surface area contributed by atoms with Crippen molar-refractivity contribution in [1.29, 1.82) is 0 Å². The van der Waals surface area contributed by atoms with E-state index >= 15 is 0 Å². The number of benzene rings is 1. The van der Waals surface area contributed by atoms with Crippen molar-refractivity contribution in [3.63, 3.8) is 0 Å². The van der Waals surface area contributed by atoms with Gasteiger partial charge in [-0.15, -0.1) is 11.6 Å². The van der Waals surface area contributed by atoms with Gasteiger partial charge in [0.1, 0.15) is 0 Å². The van der Waals surface area contributed by atoms with Gasteiger partial charge in [0.25, 0.3) is 0 Å². The van der Waals surface area contributed by atoms with E-state index in [1.54, 1.807) is 24.3 Å². The summed E-state index contributed by atoms with van der Waals surface area (Å²) in [6, 6.07) is 6.71. The monoisotopic (exact) mass is 324 g/mol. The Morgan fingerprint density at radius 2 is 2.00 bits per heavy atom. The molecule has 19 heavy (non-hydrogen) atoms. The van der Waals surface area contributed by atoms with E-state index in [-0.39, 0.29) is 18.2 Å². The molecule has 0 aliphatic rings. The average Bonchev–Trinajstić information content (AvgIpc) is 2.32. The van der Waals surface area contributed by atoms with Crippen LogP contribution in [0.5, 0.6) is 0 Å². The molecule has 0 unspecified atom stereocenters. The Bertz CT molecular complexity index is 549. The molecule has 0 bridgehead atoms. The summed E-state index contributed by atoms with van der Waals surface area (Å²) in [5.41, 5.74) is 0.442. The molecule has 106 valence electrons. The van der Waals surface area contributed by atoms with Crippen LogP contribution in [0.2, 0.25) is 5.02 Å². The number of nitrogens with zero attached hydrogens (tertiary/aromatic N) is 1. The van der Waals surface area contributed by atoms with Gasteiger partial charge >= 0.3 is 0 Å². The average molecular weight is 325 g/mol. The summed E-state index contributed by atoms with van der Waals surface area (Å²) in [7, 11) is -2.17. The summed E-state index contributed by atoms with van der Waals surface area (Å²) in [4.78, 5) is 11.7. The molecule has 1 amide bonds. The molecule has 1 aromatic rings. The molecule has 0 radical (unpaired) electrons. The molecule has 1 rings (SSSR count). The van der Waals surface area contributed by atoms with Crippen LogP contribution in [0.15, 0.2) is 24.3 Å². The first-order valence-electron chi connectivity index (χ1n) is 5.41. The number of para-hydroxylation sites is 1. The number of hydrogen-bond acceptors (Lipinski definition) is 3. The van der Waals surface area contributed by atoms with E-state index in [1.165, 1.54) is 7.05 Å². The lowest BCUT2D eigenvalue weighted by Gasteiger charge is -2.16. The zero-order valence-electron chi connectivity index (χ0n) is 10.3. The Kier molecular flexibility index (Phi) is 6.06. The van der Waals surface area contributed by atoms with Gasteiger partial charge in [0.05, 0.1) is 23.0 Å². The first kappa shape index (κ1) is 16.2. The van der Waals surface area contributed by atoms with Gasteiger partial charge in [-0.2, -0.15) is 4.31 Å². The highest BCUT2D eigenvalue weighted by atomic mass is 35.5. The van der Waals surface area contributed by atoms with E-state index in [1.807, 2.05) is 0 Å². The Morgan fingerprint density at radius 3 is 2.58 bits per heavy atom. The van der Waals surface area contributed by atoms with Crippen LogP contribution in [0.3, 0.4) is 0 Å². The van der Waals surface area contributed by atoms with Crippen molar-refractivity contribution < 1.29 is 13.2 Å². The van der Waals surface area contributed by atoms with Crippen LogP contribution in [0.1, 0.15) is 0 Å². The zero-order chi connectivity index (χ0) is 14.5. The maximum absolute atomic E-state index is 11.7. The number of sulfonamides is 1. The van der Waals surface area contributed by atoms with E-state index in [4.69, 9.17) is 23.2 Å². The molecule has 0 aliphatic carbocycles. The van der Waals surface area contributed by atoms with Crippen molar-refractivity contribution in [3.8, 4) is 0 Å². The second kappa shape index (κ2) is 7.09. The van der Waals surface area contributed by atoms with Crippen molar-refractivity contribution in [3.05, 3.63) is 29.3 Å². The number of alkyl halides is 1. The molecular formula is C11H14Cl2N2O3S. The molecule has 0 heterocycles. The first-order chi connectivity index (χ1) is 8.86. The fourth-order valence-electron chi connectivity index (χ4n) is 1.31. The highest BCUT2D eigenvalue weighted by molar-refractivity contribution is 7.89. The lowest BCUT2D eigenvalue weighted by molar-refractivity contribution is -0.116. The molecule has 0 spiro atoms. The topological polar surface area (TPSA) is 66.5 Å². The number of halogens is 2. The summed E-state index contributed by atoms with van der Waals surface area (Å²) in [6.07, 6.45) is 0. The third kappa shape index (κ3) is 4.99. The SMILES string of the molecule is CN(CC(=O)Nc1ccccc1Cl)S(=O)(=O)CCCl. The maximum atomic E-state index is 11.7. The van der Waals surface area contributed by atoms with Crippen LogP contribution in [-0.2, 0) is 14.8 Å². The molecule has 0 atom stereocenters. The highest BCUT2D eigenvalue weighted by Gasteiger charge is 2.20. The number of nitrogens with one attached hydrogen (secondary N) is 1. The summed E-state index contributed by atoms with van der Waals surface area (Å²) in [5.74, 6) is -0.683. The third-order valence-corrected chi connectivity index (χ3v) is 4.87. The largest absolute Gasteiger partial charge is 0.324 e. The predicted molar refractivity (Wildman–Crippen MR) is 77.2 cm³/mol. The van der Waals surface area contributed by atoms with Crippen molar-refractivity contribution in [2.75, 3.05) is 30.5 Å². The quantitative estimate of drug-likeness (QED) is 0.811. The Balaban J connectivity index is 2.64. The minimum absolute atomic E-state index is 0.0151. The predicted octanol–water partition coefficient (Wildman–Crippen LogP) is 1.78. The maximum Gasteiger partial charge on any atom is 0.239 e. The van der Waals surface area contributed by atoms with Gasteiger partial charge in [0.2, 0.25) is 15.9 Å². The molecule has 0 saturated heterocycles. The van der Waals surface area contributed by atoms with Gasteiger partial charge in [-0.25, -0.2) is 8.42 Å². The third-order valence-electron chi connectivity index (χ3n) is 2.32. The second-order valence-corrected chi connectivity index (χ2v) is 6.77. The fraction of sp³-hybridized carbons (Fsp3) is 0.364. The smallest absolute Gasteiger partial charge is 0.239 e. The zero-order valence-corrected chi connectivity index (χ0v) is 12.6. The van der Waals surface area contributed by atoms with Crippen molar-refractivity contribution in [2.24, 2.45) is 0 Å². The van der Waals surface area contributed by atoms with Crippen molar-refractivity contribution in [2.45, 2.75) is 0 Å². The second-order valence-electron chi connectivity index (χ2n) is 3.79. The minimum atomic E-state index is -3.50. The lowest BCUT2D eigenvalue weighted by Crippen LogP contribution is -2.36. The molecule has 0 aliphatic heterocycles. The number of amides is 1. The lowest BCUT2D eigenvalue weighted by atomic mass is 10.3. The van der Waals surface area contributed by atoms with Gasteiger partial charge in [0, 0.05) is 12.9 Å².